The normalized spacial score (nSPS) is 11.2. The van der Waals surface area contributed by atoms with E-state index < -0.39 is 29.3 Å². The van der Waals surface area contributed by atoms with Crippen molar-refractivity contribution in [3.8, 4) is 5.75 Å². The first kappa shape index (κ1) is 18.7. The Morgan fingerprint density at radius 2 is 1.67 bits per heavy atom. The van der Waals surface area contributed by atoms with Crippen molar-refractivity contribution in [2.75, 3.05) is 11.9 Å². The number of hydrogen-bond acceptors (Lipinski definition) is 2. The molecule has 24 heavy (non-hydrogen) atoms. The molecule has 0 fully saturated rings. The van der Waals surface area contributed by atoms with E-state index in [0.29, 0.717) is 10.0 Å². The second-order valence-corrected chi connectivity index (χ2v) is 5.91. The lowest BCUT2D eigenvalue weighted by atomic mass is 10.2. The van der Waals surface area contributed by atoms with E-state index in [9.17, 15) is 18.0 Å². The predicted octanol–water partition coefficient (Wildman–Crippen LogP) is 5.68. The Morgan fingerprint density at radius 1 is 1.04 bits per heavy atom. The van der Waals surface area contributed by atoms with Crippen LogP contribution in [0.15, 0.2) is 36.4 Å². The first-order valence-electron chi connectivity index (χ1n) is 6.40. The van der Waals surface area contributed by atoms with Crippen molar-refractivity contribution < 1.29 is 22.7 Å². The summed E-state index contributed by atoms with van der Waals surface area (Å²) in [6.07, 6.45) is -4.62. The van der Waals surface area contributed by atoms with Crippen LogP contribution in [-0.4, -0.2) is 12.5 Å². The third-order valence-corrected chi connectivity index (χ3v) is 3.53. The molecular weight excluding hydrogens is 390 g/mol. The Bertz CT molecular complexity index is 746. The standard InChI is InChI=1S/C15H9Cl3F3NO2/c16-8-3-9(17)5-11(4-8)24-7-14(23)22-10-1-2-13(18)12(6-10)15(19,20)21/h1-6H,7H2,(H,22,23). The fourth-order valence-electron chi connectivity index (χ4n) is 1.78. The van der Waals surface area contributed by atoms with E-state index in [1.54, 1.807) is 0 Å². The summed E-state index contributed by atoms with van der Waals surface area (Å²) in [4.78, 5) is 11.8. The highest BCUT2D eigenvalue weighted by Crippen LogP contribution is 2.36. The number of anilines is 1. The summed E-state index contributed by atoms with van der Waals surface area (Å²) in [5, 5.41) is 2.49. The van der Waals surface area contributed by atoms with E-state index in [4.69, 9.17) is 39.5 Å². The van der Waals surface area contributed by atoms with E-state index in [2.05, 4.69) is 5.32 Å². The van der Waals surface area contributed by atoms with Crippen LogP contribution in [0.2, 0.25) is 15.1 Å². The number of ether oxygens (including phenoxy) is 1. The van der Waals surface area contributed by atoms with Crippen LogP contribution in [0.5, 0.6) is 5.75 Å². The highest BCUT2D eigenvalue weighted by atomic mass is 35.5. The monoisotopic (exact) mass is 397 g/mol. The molecule has 128 valence electrons. The quantitative estimate of drug-likeness (QED) is 0.719. The maximum atomic E-state index is 12.8. The molecule has 0 saturated carbocycles. The number of hydrogen-bond donors (Lipinski definition) is 1. The van der Waals surface area contributed by atoms with Crippen molar-refractivity contribution in [3.05, 3.63) is 57.0 Å². The van der Waals surface area contributed by atoms with Gasteiger partial charge in [-0.05, 0) is 36.4 Å². The largest absolute Gasteiger partial charge is 0.484 e. The topological polar surface area (TPSA) is 38.3 Å². The number of alkyl halides is 3. The first-order chi connectivity index (χ1) is 11.1. The van der Waals surface area contributed by atoms with E-state index >= 15 is 0 Å². The first-order valence-corrected chi connectivity index (χ1v) is 7.54. The molecule has 3 nitrogen and oxygen atoms in total. The number of rotatable bonds is 4. The van der Waals surface area contributed by atoms with Gasteiger partial charge in [0.2, 0.25) is 0 Å². The Hall–Kier alpha value is -1.63. The van der Waals surface area contributed by atoms with Gasteiger partial charge in [-0.15, -0.1) is 0 Å². The summed E-state index contributed by atoms with van der Waals surface area (Å²) in [7, 11) is 0. The molecule has 0 radical (unpaired) electrons. The lowest BCUT2D eigenvalue weighted by molar-refractivity contribution is -0.137. The number of carbonyl (C=O) groups is 1. The molecule has 9 heteroatoms. The number of halogens is 6. The molecule has 0 aliphatic heterocycles. The maximum absolute atomic E-state index is 12.8. The molecule has 2 rings (SSSR count). The lowest BCUT2D eigenvalue weighted by Gasteiger charge is -2.12. The number of nitrogens with one attached hydrogen (secondary N) is 1. The van der Waals surface area contributed by atoms with Crippen LogP contribution in [-0.2, 0) is 11.0 Å². The van der Waals surface area contributed by atoms with Gasteiger partial charge in [0.1, 0.15) is 5.75 Å². The second-order valence-electron chi connectivity index (χ2n) is 4.63. The molecule has 0 bridgehead atoms. The van der Waals surface area contributed by atoms with Crippen LogP contribution >= 0.6 is 34.8 Å². The summed E-state index contributed by atoms with van der Waals surface area (Å²) in [6, 6.07) is 7.44. The summed E-state index contributed by atoms with van der Waals surface area (Å²) < 4.78 is 43.5. The second kappa shape index (κ2) is 7.51. The van der Waals surface area contributed by atoms with Gasteiger partial charge in [0.25, 0.3) is 5.91 Å². The van der Waals surface area contributed by atoms with Crippen molar-refractivity contribution in [1.82, 2.24) is 0 Å². The molecule has 0 unspecified atom stereocenters. The fourth-order valence-corrected chi connectivity index (χ4v) is 2.51. The minimum Gasteiger partial charge on any atom is -0.484 e. The third-order valence-electron chi connectivity index (χ3n) is 2.76. The van der Waals surface area contributed by atoms with Crippen molar-refractivity contribution in [3.63, 3.8) is 0 Å². The van der Waals surface area contributed by atoms with Gasteiger partial charge in [-0.1, -0.05) is 34.8 Å². The Balaban J connectivity index is 2.02. The number of amides is 1. The van der Waals surface area contributed by atoms with E-state index in [-0.39, 0.29) is 11.4 Å². The number of benzene rings is 2. The lowest BCUT2D eigenvalue weighted by Crippen LogP contribution is -2.20. The molecule has 0 aliphatic rings. The summed E-state index contributed by atoms with van der Waals surface area (Å²) in [5.41, 5.74) is -1.09. The molecule has 0 spiro atoms. The number of carbonyl (C=O) groups excluding carboxylic acids is 1. The molecule has 0 aliphatic carbocycles. The summed E-state index contributed by atoms with van der Waals surface area (Å²) in [5.74, 6) is -0.392. The molecule has 0 aromatic heterocycles. The highest BCUT2D eigenvalue weighted by molar-refractivity contribution is 6.34. The zero-order valence-electron chi connectivity index (χ0n) is 11.8. The summed E-state index contributed by atoms with van der Waals surface area (Å²) >= 11 is 17.1. The van der Waals surface area contributed by atoms with Crippen molar-refractivity contribution in [1.29, 1.82) is 0 Å². The zero-order valence-corrected chi connectivity index (χ0v) is 14.0. The van der Waals surface area contributed by atoms with E-state index in [1.807, 2.05) is 0 Å². The van der Waals surface area contributed by atoms with Crippen molar-refractivity contribution in [2.24, 2.45) is 0 Å². The van der Waals surface area contributed by atoms with Crippen LogP contribution < -0.4 is 10.1 Å². The van der Waals surface area contributed by atoms with Crippen molar-refractivity contribution >= 4 is 46.4 Å². The van der Waals surface area contributed by atoms with Gasteiger partial charge in [0, 0.05) is 15.7 Å². The van der Waals surface area contributed by atoms with Crippen molar-refractivity contribution in [2.45, 2.75) is 6.18 Å². The van der Waals surface area contributed by atoms with Gasteiger partial charge in [-0.2, -0.15) is 13.2 Å². The molecule has 1 N–H and O–H groups in total. The Morgan fingerprint density at radius 3 is 2.25 bits per heavy atom. The predicted molar refractivity (Wildman–Crippen MR) is 87.0 cm³/mol. The molecule has 0 heterocycles. The Kier molecular flexibility index (Phi) is 5.85. The van der Waals surface area contributed by atoms with Gasteiger partial charge in [-0.25, -0.2) is 0 Å². The van der Waals surface area contributed by atoms with Crippen LogP contribution in [0.25, 0.3) is 0 Å². The van der Waals surface area contributed by atoms with E-state index in [1.165, 1.54) is 24.3 Å². The minimum absolute atomic E-state index is 0.0514. The molecule has 2 aromatic carbocycles. The van der Waals surface area contributed by atoms with Gasteiger partial charge in [0.05, 0.1) is 10.6 Å². The Labute approximate surface area is 150 Å². The van der Waals surface area contributed by atoms with E-state index in [0.717, 1.165) is 12.1 Å². The van der Waals surface area contributed by atoms with Gasteiger partial charge in [-0.3, -0.25) is 4.79 Å². The zero-order chi connectivity index (χ0) is 17.9. The maximum Gasteiger partial charge on any atom is 0.417 e. The summed E-state index contributed by atoms with van der Waals surface area (Å²) in [6.45, 7) is -0.430. The fraction of sp³-hybridized carbons (Fsp3) is 0.133. The van der Waals surface area contributed by atoms with Gasteiger partial charge >= 0.3 is 6.18 Å². The van der Waals surface area contributed by atoms with Crippen LogP contribution in [0, 0.1) is 0 Å². The molecule has 1 amide bonds. The van der Waals surface area contributed by atoms with Gasteiger partial charge < -0.3 is 10.1 Å². The van der Waals surface area contributed by atoms with Crippen LogP contribution in [0.4, 0.5) is 18.9 Å². The molecule has 2 aromatic rings. The molecule has 0 atom stereocenters. The van der Waals surface area contributed by atoms with Crippen LogP contribution in [0.3, 0.4) is 0 Å². The average Bonchev–Trinajstić information content (AvgIpc) is 2.45. The van der Waals surface area contributed by atoms with Crippen LogP contribution in [0.1, 0.15) is 5.56 Å². The molecule has 0 saturated heterocycles. The molecular formula is C15H9Cl3F3NO2. The smallest absolute Gasteiger partial charge is 0.417 e. The highest BCUT2D eigenvalue weighted by Gasteiger charge is 2.33. The minimum atomic E-state index is -4.62. The van der Waals surface area contributed by atoms with Gasteiger partial charge in [0.15, 0.2) is 6.61 Å². The average molecular weight is 399 g/mol. The SMILES string of the molecule is O=C(COc1cc(Cl)cc(Cl)c1)Nc1ccc(Cl)c(C(F)(F)F)c1. The third kappa shape index (κ3) is 5.19.